The molecule has 2 saturated heterocycles. The van der Waals surface area contributed by atoms with E-state index in [1.807, 2.05) is 10.6 Å². The molecule has 10 amide bonds. The third-order valence-electron chi connectivity index (χ3n) is 5.76. The molecule has 2 heterocycles. The van der Waals surface area contributed by atoms with Gasteiger partial charge in [0, 0.05) is 0 Å². The van der Waals surface area contributed by atoms with Crippen LogP contribution in [0.25, 0.3) is 0 Å². The Morgan fingerprint density at radius 2 is 1.15 bits per heavy atom. The van der Waals surface area contributed by atoms with Crippen LogP contribution in [0.3, 0.4) is 0 Å². The monoisotopic (exact) mass is 586 g/mol. The maximum absolute atomic E-state index is 12.2. The number of hydrogen-bond donors (Lipinski definition) is 12. The molecule has 40 heavy (non-hydrogen) atoms. The standard InChI is InChI=1S/C9H16N4O8.C8H14N4O7/c14-1-9(12(4-17)7(20)10-2-15)6(19)11(3-16)8(21)13(9)5-18;13-1-8(11(3-15)6(18)9-2-14)5(17)10-7(19)12(8)4-16/h14-18H,1-5H2,(H,10,20);13-16H,1-4H2,(H,9,18)(H,10,17,19). The summed E-state index contributed by atoms with van der Waals surface area (Å²) in [6.07, 6.45) is 0. The highest BCUT2D eigenvalue weighted by Crippen LogP contribution is 2.31. The summed E-state index contributed by atoms with van der Waals surface area (Å²) in [5.74, 6) is -2.30. The summed E-state index contributed by atoms with van der Waals surface area (Å²) in [5.41, 5.74) is -4.71. The van der Waals surface area contributed by atoms with Crippen molar-refractivity contribution in [3.05, 3.63) is 0 Å². The van der Waals surface area contributed by atoms with Crippen LogP contribution in [0.1, 0.15) is 0 Å². The van der Waals surface area contributed by atoms with Gasteiger partial charge in [0.05, 0.1) is 13.2 Å². The average molecular weight is 586 g/mol. The number of imide groups is 2. The molecule has 0 aromatic carbocycles. The molecule has 2 rings (SSSR count). The van der Waals surface area contributed by atoms with Gasteiger partial charge in [-0.15, -0.1) is 0 Å². The molecular formula is C17H30N8O15. The fourth-order valence-corrected chi connectivity index (χ4v) is 3.80. The molecular weight excluding hydrogens is 556 g/mol. The Morgan fingerprint density at radius 1 is 0.700 bits per heavy atom. The maximum Gasteiger partial charge on any atom is 0.332 e. The lowest BCUT2D eigenvalue weighted by Crippen LogP contribution is -2.68. The van der Waals surface area contributed by atoms with Crippen molar-refractivity contribution in [2.45, 2.75) is 11.3 Å². The molecule has 2 atom stereocenters. The van der Waals surface area contributed by atoms with Crippen LogP contribution in [0, 0.1) is 0 Å². The van der Waals surface area contributed by atoms with Crippen LogP contribution in [0.4, 0.5) is 19.2 Å². The Hall–Kier alpha value is -3.94. The summed E-state index contributed by atoms with van der Waals surface area (Å²) in [4.78, 5) is 72.6. The topological polar surface area (TPSA) is 337 Å². The van der Waals surface area contributed by atoms with Gasteiger partial charge in [-0.05, 0) is 0 Å². The Kier molecular flexibility index (Phi) is 12.3. The highest BCUT2D eigenvalue weighted by Gasteiger charge is 2.62. The summed E-state index contributed by atoms with van der Waals surface area (Å²) >= 11 is 0. The summed E-state index contributed by atoms with van der Waals surface area (Å²) < 4.78 is 0. The number of aliphatic hydroxyl groups excluding tert-OH is 9. The van der Waals surface area contributed by atoms with E-state index in [0.717, 1.165) is 0 Å². The van der Waals surface area contributed by atoms with Crippen molar-refractivity contribution in [1.82, 2.24) is 40.4 Å². The third kappa shape index (κ3) is 5.53. The summed E-state index contributed by atoms with van der Waals surface area (Å²) in [7, 11) is 0. The Bertz CT molecular complexity index is 971. The molecule has 2 unspecified atom stereocenters. The number of nitrogens with one attached hydrogen (secondary N) is 3. The normalized spacial score (nSPS) is 22.2. The van der Waals surface area contributed by atoms with E-state index < -0.39 is 108 Å². The number of hydrogen-bond acceptors (Lipinski definition) is 15. The minimum Gasteiger partial charge on any atom is -0.391 e. The molecule has 23 nitrogen and oxygen atoms in total. The zero-order valence-electron chi connectivity index (χ0n) is 20.6. The van der Waals surface area contributed by atoms with Gasteiger partial charge in [0.15, 0.2) is 0 Å². The van der Waals surface area contributed by atoms with Crippen molar-refractivity contribution in [2.24, 2.45) is 0 Å². The van der Waals surface area contributed by atoms with Crippen LogP contribution in [0.2, 0.25) is 0 Å². The minimum absolute atomic E-state index is 0.279. The summed E-state index contributed by atoms with van der Waals surface area (Å²) in [6.45, 7) is -9.04. The number of urea groups is 4. The lowest BCUT2D eigenvalue weighted by Gasteiger charge is -2.40. The number of aliphatic hydroxyl groups is 9. The fourth-order valence-electron chi connectivity index (χ4n) is 3.80. The van der Waals surface area contributed by atoms with Gasteiger partial charge < -0.3 is 56.6 Å². The van der Waals surface area contributed by atoms with Crippen LogP contribution in [-0.4, -0.2) is 178 Å². The highest BCUT2D eigenvalue weighted by atomic mass is 16.3. The Balaban J connectivity index is 0.000000402. The first-order valence-corrected chi connectivity index (χ1v) is 10.8. The van der Waals surface area contributed by atoms with Crippen molar-refractivity contribution in [3.63, 3.8) is 0 Å². The highest BCUT2D eigenvalue weighted by molar-refractivity contribution is 6.09. The van der Waals surface area contributed by atoms with Gasteiger partial charge in [-0.2, -0.15) is 0 Å². The van der Waals surface area contributed by atoms with Gasteiger partial charge in [-0.3, -0.25) is 34.5 Å². The average Bonchev–Trinajstić information content (AvgIpc) is 3.30. The molecule has 0 bridgehead atoms. The Labute approximate surface area is 223 Å². The van der Waals surface area contributed by atoms with Crippen molar-refractivity contribution in [2.75, 3.05) is 60.3 Å². The Morgan fingerprint density at radius 3 is 1.50 bits per heavy atom. The van der Waals surface area contributed by atoms with Crippen molar-refractivity contribution >= 4 is 35.9 Å². The van der Waals surface area contributed by atoms with Gasteiger partial charge in [0.25, 0.3) is 11.8 Å². The second-order valence-electron chi connectivity index (χ2n) is 7.42. The smallest absolute Gasteiger partial charge is 0.332 e. The van der Waals surface area contributed by atoms with E-state index in [-0.39, 0.29) is 4.90 Å². The van der Waals surface area contributed by atoms with Crippen LogP contribution >= 0.6 is 0 Å². The summed E-state index contributed by atoms with van der Waals surface area (Å²) in [5, 5.41) is 87.5. The molecule has 0 aliphatic carbocycles. The van der Waals surface area contributed by atoms with Crippen LogP contribution in [-0.2, 0) is 9.59 Å². The van der Waals surface area contributed by atoms with Gasteiger partial charge in [-0.1, -0.05) is 0 Å². The van der Waals surface area contributed by atoms with E-state index >= 15 is 0 Å². The molecule has 0 spiro atoms. The predicted octanol–water partition coefficient (Wildman–Crippen LogP) is -8.16. The van der Waals surface area contributed by atoms with Crippen molar-refractivity contribution < 1.29 is 74.7 Å². The lowest BCUT2D eigenvalue weighted by atomic mass is 10.1. The zero-order valence-corrected chi connectivity index (χ0v) is 20.6. The number of amides is 10. The number of nitrogens with zero attached hydrogens (tertiary/aromatic N) is 5. The third-order valence-corrected chi connectivity index (χ3v) is 5.76. The van der Waals surface area contributed by atoms with Gasteiger partial charge in [-0.25, -0.2) is 24.1 Å². The fraction of sp³-hybridized carbons (Fsp3) is 0.647. The van der Waals surface area contributed by atoms with Crippen LogP contribution < -0.4 is 16.0 Å². The zero-order chi connectivity index (χ0) is 30.8. The minimum atomic E-state index is -2.43. The van der Waals surface area contributed by atoms with E-state index in [2.05, 4.69) is 0 Å². The predicted molar refractivity (Wildman–Crippen MR) is 119 cm³/mol. The lowest BCUT2D eigenvalue weighted by molar-refractivity contribution is -0.153. The molecule has 0 saturated carbocycles. The number of carbonyl (C=O) groups is 6. The van der Waals surface area contributed by atoms with Crippen molar-refractivity contribution in [3.8, 4) is 0 Å². The molecule has 0 aromatic heterocycles. The second-order valence-corrected chi connectivity index (χ2v) is 7.42. The van der Waals surface area contributed by atoms with E-state index in [4.69, 9.17) is 25.5 Å². The molecule has 228 valence electrons. The maximum atomic E-state index is 12.2. The molecule has 12 N–H and O–H groups in total. The first-order valence-electron chi connectivity index (χ1n) is 10.8. The molecule has 2 fully saturated rings. The van der Waals surface area contributed by atoms with Gasteiger partial charge >= 0.3 is 24.1 Å². The largest absolute Gasteiger partial charge is 0.391 e. The molecule has 23 heteroatoms. The van der Waals surface area contributed by atoms with E-state index in [1.54, 1.807) is 5.32 Å². The summed E-state index contributed by atoms with van der Waals surface area (Å²) in [6, 6.07) is -4.47. The first kappa shape index (κ1) is 34.1. The molecule has 2 aliphatic heterocycles. The first-order chi connectivity index (χ1) is 18.9. The molecule has 0 aromatic rings. The van der Waals surface area contributed by atoms with E-state index in [9.17, 15) is 49.2 Å². The van der Waals surface area contributed by atoms with Crippen LogP contribution in [0.5, 0.6) is 0 Å². The van der Waals surface area contributed by atoms with Gasteiger partial charge in [0.2, 0.25) is 11.3 Å². The molecule has 2 aliphatic rings. The SMILES string of the molecule is O=C(NCO)N(CO)C1(CO)C(=O)N(CO)C(=O)N1CO.O=C(NCO)N(CO)C1(CO)C(=O)NC(=O)N1CO. The van der Waals surface area contributed by atoms with Crippen molar-refractivity contribution in [1.29, 1.82) is 0 Å². The quantitative estimate of drug-likeness (QED) is 0.0790. The number of carbonyl (C=O) groups excluding carboxylic acids is 6. The second kappa shape index (κ2) is 14.4. The molecule has 0 radical (unpaired) electrons. The van der Waals surface area contributed by atoms with E-state index in [0.29, 0.717) is 19.6 Å². The van der Waals surface area contributed by atoms with Crippen LogP contribution in [0.15, 0.2) is 0 Å². The van der Waals surface area contributed by atoms with Gasteiger partial charge in [0.1, 0.15) is 47.1 Å². The number of rotatable bonds is 11. The van der Waals surface area contributed by atoms with E-state index in [1.165, 1.54) is 0 Å².